The molecule has 0 unspecified atom stereocenters. The number of rotatable bonds is 7. The topological polar surface area (TPSA) is 75.7 Å². The largest absolute Gasteiger partial charge is 0.456 e. The molecule has 1 aliphatic rings. The second-order valence-corrected chi connectivity index (χ2v) is 6.01. The Kier molecular flexibility index (Phi) is 6.78. The number of nitrogens with zero attached hydrogens (tertiary/aromatic N) is 1. The fourth-order valence-electron chi connectivity index (χ4n) is 2.60. The van der Waals surface area contributed by atoms with Crippen molar-refractivity contribution in [1.82, 2.24) is 0 Å². The zero-order chi connectivity index (χ0) is 17.4. The van der Waals surface area contributed by atoms with Gasteiger partial charge >= 0.3 is 5.97 Å². The maximum atomic E-state index is 11.8. The van der Waals surface area contributed by atoms with E-state index in [9.17, 15) is 14.4 Å². The highest BCUT2D eigenvalue weighted by molar-refractivity contribution is 5.93. The van der Waals surface area contributed by atoms with E-state index in [0.29, 0.717) is 5.69 Å². The van der Waals surface area contributed by atoms with Crippen LogP contribution in [0.3, 0.4) is 0 Å². The molecule has 1 N–H and O–H groups in total. The van der Waals surface area contributed by atoms with Gasteiger partial charge in [-0.25, -0.2) is 0 Å². The molecule has 0 bridgehead atoms. The Labute approximate surface area is 142 Å². The zero-order valence-electron chi connectivity index (χ0n) is 14.0. The average Bonchev–Trinajstić information content (AvgIpc) is 2.59. The van der Waals surface area contributed by atoms with Crippen LogP contribution in [-0.2, 0) is 19.1 Å². The van der Waals surface area contributed by atoms with Crippen LogP contribution in [0.15, 0.2) is 24.3 Å². The Morgan fingerprint density at radius 2 is 1.71 bits per heavy atom. The highest BCUT2D eigenvalue weighted by Crippen LogP contribution is 2.21. The number of ketones is 1. The fourth-order valence-corrected chi connectivity index (χ4v) is 2.60. The average molecular weight is 332 g/mol. The lowest BCUT2D eigenvalue weighted by molar-refractivity contribution is -0.148. The lowest BCUT2D eigenvalue weighted by atomic mass is 10.1. The number of hydrogen-bond acceptors (Lipinski definition) is 5. The van der Waals surface area contributed by atoms with Gasteiger partial charge in [0.2, 0.25) is 0 Å². The van der Waals surface area contributed by atoms with Crippen LogP contribution in [0.4, 0.5) is 11.4 Å². The molecular formula is C18H24N2O4. The minimum atomic E-state index is -0.541. The van der Waals surface area contributed by atoms with Gasteiger partial charge in [0.15, 0.2) is 6.61 Å². The SMILES string of the molecule is CC(=O)CCC(=O)OCC(=O)Nc1ccc(N2CCCCC2)cc1. The first kappa shape index (κ1) is 18.0. The van der Waals surface area contributed by atoms with Gasteiger partial charge in [0, 0.05) is 30.9 Å². The summed E-state index contributed by atoms with van der Waals surface area (Å²) in [7, 11) is 0. The molecule has 0 aliphatic carbocycles. The molecule has 1 saturated heterocycles. The minimum absolute atomic E-state index is 0.00709. The lowest BCUT2D eigenvalue weighted by Crippen LogP contribution is -2.29. The maximum absolute atomic E-state index is 11.8. The number of nitrogens with one attached hydrogen (secondary N) is 1. The molecule has 24 heavy (non-hydrogen) atoms. The van der Waals surface area contributed by atoms with Crippen molar-refractivity contribution >= 4 is 29.0 Å². The second-order valence-electron chi connectivity index (χ2n) is 6.01. The van der Waals surface area contributed by atoms with Gasteiger partial charge in [-0.2, -0.15) is 0 Å². The van der Waals surface area contributed by atoms with Gasteiger partial charge in [0.05, 0.1) is 6.42 Å². The van der Waals surface area contributed by atoms with Gasteiger partial charge in [-0.3, -0.25) is 9.59 Å². The van der Waals surface area contributed by atoms with Crippen molar-refractivity contribution in [2.24, 2.45) is 0 Å². The van der Waals surface area contributed by atoms with Gasteiger partial charge in [0.1, 0.15) is 5.78 Å². The summed E-state index contributed by atoms with van der Waals surface area (Å²) in [5, 5.41) is 2.69. The molecule has 1 aromatic carbocycles. The molecule has 0 aromatic heterocycles. The van der Waals surface area contributed by atoms with Crippen molar-refractivity contribution in [3.63, 3.8) is 0 Å². The molecule has 2 rings (SSSR count). The maximum Gasteiger partial charge on any atom is 0.306 e. The number of carbonyl (C=O) groups is 3. The van der Waals surface area contributed by atoms with E-state index in [1.165, 1.54) is 26.2 Å². The van der Waals surface area contributed by atoms with E-state index in [2.05, 4.69) is 10.2 Å². The first-order chi connectivity index (χ1) is 11.5. The minimum Gasteiger partial charge on any atom is -0.456 e. The van der Waals surface area contributed by atoms with Gasteiger partial charge in [-0.1, -0.05) is 0 Å². The highest BCUT2D eigenvalue weighted by Gasteiger charge is 2.12. The van der Waals surface area contributed by atoms with E-state index in [1.54, 1.807) is 0 Å². The van der Waals surface area contributed by atoms with Crippen molar-refractivity contribution in [1.29, 1.82) is 0 Å². The van der Waals surface area contributed by atoms with E-state index >= 15 is 0 Å². The normalized spacial score (nSPS) is 14.1. The first-order valence-corrected chi connectivity index (χ1v) is 8.34. The van der Waals surface area contributed by atoms with Crippen LogP contribution in [-0.4, -0.2) is 37.4 Å². The molecule has 1 heterocycles. The number of carbonyl (C=O) groups excluding carboxylic acids is 3. The number of piperidine rings is 1. The molecule has 6 heteroatoms. The van der Waals surface area contributed by atoms with E-state index < -0.39 is 11.9 Å². The van der Waals surface area contributed by atoms with Crippen molar-refractivity contribution in [2.75, 3.05) is 29.9 Å². The van der Waals surface area contributed by atoms with Crippen LogP contribution in [0.5, 0.6) is 0 Å². The molecule has 1 aromatic rings. The summed E-state index contributed by atoms with van der Waals surface area (Å²) in [6.07, 6.45) is 3.86. The number of amides is 1. The molecule has 0 spiro atoms. The number of ether oxygens (including phenoxy) is 1. The Hall–Kier alpha value is -2.37. The number of esters is 1. The summed E-state index contributed by atoms with van der Waals surface area (Å²) in [5.41, 5.74) is 1.82. The Morgan fingerprint density at radius 1 is 1.04 bits per heavy atom. The summed E-state index contributed by atoms with van der Waals surface area (Å²) < 4.78 is 4.83. The molecule has 1 aliphatic heterocycles. The highest BCUT2D eigenvalue weighted by atomic mass is 16.5. The second kappa shape index (κ2) is 9.05. The standard InChI is InChI=1S/C18H24N2O4/c1-14(21)5-10-18(23)24-13-17(22)19-15-6-8-16(9-7-15)20-11-3-2-4-12-20/h6-9H,2-5,10-13H2,1H3,(H,19,22). The van der Waals surface area contributed by atoms with E-state index in [4.69, 9.17) is 4.74 Å². The van der Waals surface area contributed by atoms with Crippen LogP contribution >= 0.6 is 0 Å². The Balaban J connectivity index is 1.75. The third-order valence-corrected chi connectivity index (χ3v) is 3.92. The fraction of sp³-hybridized carbons (Fsp3) is 0.500. The van der Waals surface area contributed by atoms with Gasteiger partial charge < -0.3 is 19.7 Å². The molecule has 0 saturated carbocycles. The van der Waals surface area contributed by atoms with Crippen LogP contribution in [0.25, 0.3) is 0 Å². The molecule has 1 amide bonds. The van der Waals surface area contributed by atoms with Crippen LogP contribution in [0.1, 0.15) is 39.0 Å². The van der Waals surface area contributed by atoms with Crippen molar-refractivity contribution < 1.29 is 19.1 Å². The van der Waals surface area contributed by atoms with Crippen LogP contribution in [0.2, 0.25) is 0 Å². The Morgan fingerprint density at radius 3 is 2.33 bits per heavy atom. The quantitative estimate of drug-likeness (QED) is 0.777. The van der Waals surface area contributed by atoms with Crippen molar-refractivity contribution in [3.05, 3.63) is 24.3 Å². The van der Waals surface area contributed by atoms with E-state index in [-0.39, 0.29) is 25.2 Å². The monoisotopic (exact) mass is 332 g/mol. The predicted molar refractivity (Wildman–Crippen MR) is 92.0 cm³/mol. The summed E-state index contributed by atoms with van der Waals surface area (Å²) in [6, 6.07) is 7.67. The van der Waals surface area contributed by atoms with Gasteiger partial charge in [-0.05, 0) is 50.5 Å². The first-order valence-electron chi connectivity index (χ1n) is 8.34. The summed E-state index contributed by atoms with van der Waals surface area (Å²) >= 11 is 0. The predicted octanol–water partition coefficient (Wildman–Crippen LogP) is 2.53. The summed E-state index contributed by atoms with van der Waals surface area (Å²) in [4.78, 5) is 36.3. The molecule has 130 valence electrons. The number of benzene rings is 1. The lowest BCUT2D eigenvalue weighted by Gasteiger charge is -2.28. The van der Waals surface area contributed by atoms with E-state index in [1.807, 2.05) is 24.3 Å². The van der Waals surface area contributed by atoms with Crippen molar-refractivity contribution in [2.45, 2.75) is 39.0 Å². The molecule has 6 nitrogen and oxygen atoms in total. The van der Waals surface area contributed by atoms with Crippen molar-refractivity contribution in [3.8, 4) is 0 Å². The summed E-state index contributed by atoms with van der Waals surface area (Å²) in [6.45, 7) is 3.21. The number of hydrogen-bond donors (Lipinski definition) is 1. The molecule has 1 fully saturated rings. The molecule has 0 atom stereocenters. The summed E-state index contributed by atoms with van der Waals surface area (Å²) in [5.74, 6) is -1.01. The molecular weight excluding hydrogens is 308 g/mol. The third kappa shape index (κ3) is 6.02. The van der Waals surface area contributed by atoms with Gasteiger partial charge in [0.25, 0.3) is 5.91 Å². The third-order valence-electron chi connectivity index (χ3n) is 3.92. The number of Topliss-reactive ketones (excluding diaryl/α,β-unsaturated/α-hetero) is 1. The van der Waals surface area contributed by atoms with Gasteiger partial charge in [-0.15, -0.1) is 0 Å². The molecule has 0 radical (unpaired) electrons. The van der Waals surface area contributed by atoms with E-state index in [0.717, 1.165) is 18.8 Å². The Bertz CT molecular complexity index is 577. The van der Waals surface area contributed by atoms with Crippen LogP contribution in [0, 0.1) is 0 Å². The zero-order valence-corrected chi connectivity index (χ0v) is 14.0. The smallest absolute Gasteiger partial charge is 0.306 e. The number of anilines is 2. The van der Waals surface area contributed by atoms with Crippen LogP contribution < -0.4 is 10.2 Å².